The van der Waals surface area contributed by atoms with E-state index in [1.807, 2.05) is 13.8 Å². The van der Waals surface area contributed by atoms with E-state index in [2.05, 4.69) is 5.32 Å². The fourth-order valence-corrected chi connectivity index (χ4v) is 1.90. The monoisotopic (exact) mass is 264 g/mol. The molecule has 1 amide bonds. The van der Waals surface area contributed by atoms with Crippen LogP contribution in [-0.2, 0) is 0 Å². The van der Waals surface area contributed by atoms with E-state index >= 15 is 0 Å². The number of fused-ring (bicyclic) bond motifs is 1. The molecule has 0 bridgehead atoms. The average molecular weight is 264 g/mol. The summed E-state index contributed by atoms with van der Waals surface area (Å²) >= 11 is 0. The number of hydrogen-bond acceptors (Lipinski definition) is 4. The number of carbonyl (C=O) groups is 1. The minimum atomic E-state index is -0.341. The van der Waals surface area contributed by atoms with Gasteiger partial charge < -0.3 is 20.5 Å². The zero-order chi connectivity index (χ0) is 13.9. The molecule has 0 aliphatic carbocycles. The standard InChI is InChI=1S/C14H20N2O3/c1-3-14(15,4-2)8-16-13(17)10-5-6-11-12(7-10)19-9-18-11/h5-7H,3-4,8-9,15H2,1-2H3,(H,16,17). The van der Waals surface area contributed by atoms with E-state index in [9.17, 15) is 4.79 Å². The lowest BCUT2D eigenvalue weighted by Crippen LogP contribution is -2.49. The molecule has 1 aromatic carbocycles. The summed E-state index contributed by atoms with van der Waals surface area (Å²) in [5, 5.41) is 2.87. The third-order valence-corrected chi connectivity index (χ3v) is 3.64. The van der Waals surface area contributed by atoms with Crippen molar-refractivity contribution < 1.29 is 14.3 Å². The van der Waals surface area contributed by atoms with Crippen LogP contribution in [0.5, 0.6) is 11.5 Å². The molecule has 0 aromatic heterocycles. The van der Waals surface area contributed by atoms with Gasteiger partial charge in [0.15, 0.2) is 11.5 Å². The minimum Gasteiger partial charge on any atom is -0.454 e. The predicted molar refractivity (Wildman–Crippen MR) is 72.4 cm³/mol. The molecule has 1 aromatic rings. The van der Waals surface area contributed by atoms with E-state index in [0.29, 0.717) is 23.6 Å². The second-order valence-corrected chi connectivity index (χ2v) is 4.82. The number of nitrogens with one attached hydrogen (secondary N) is 1. The zero-order valence-corrected chi connectivity index (χ0v) is 11.4. The van der Waals surface area contributed by atoms with Crippen molar-refractivity contribution in [3.8, 4) is 11.5 Å². The highest BCUT2D eigenvalue weighted by molar-refractivity contribution is 5.95. The van der Waals surface area contributed by atoms with Crippen LogP contribution in [0.2, 0.25) is 0 Å². The molecule has 0 saturated heterocycles. The van der Waals surface area contributed by atoms with Crippen molar-refractivity contribution >= 4 is 5.91 Å². The molecule has 0 saturated carbocycles. The Balaban J connectivity index is 2.00. The molecule has 104 valence electrons. The highest BCUT2D eigenvalue weighted by Crippen LogP contribution is 2.32. The third-order valence-electron chi connectivity index (χ3n) is 3.64. The van der Waals surface area contributed by atoms with Crippen molar-refractivity contribution in [3.05, 3.63) is 23.8 Å². The summed E-state index contributed by atoms with van der Waals surface area (Å²) < 4.78 is 10.5. The number of rotatable bonds is 5. The topological polar surface area (TPSA) is 73.6 Å². The lowest BCUT2D eigenvalue weighted by atomic mass is 9.94. The normalized spacial score (nSPS) is 13.4. The van der Waals surface area contributed by atoms with E-state index in [-0.39, 0.29) is 18.2 Å². The van der Waals surface area contributed by atoms with Crippen molar-refractivity contribution in [2.75, 3.05) is 13.3 Å². The van der Waals surface area contributed by atoms with Gasteiger partial charge in [-0.3, -0.25) is 4.79 Å². The van der Waals surface area contributed by atoms with Crippen molar-refractivity contribution in [1.82, 2.24) is 5.32 Å². The molecule has 3 N–H and O–H groups in total. The van der Waals surface area contributed by atoms with Crippen LogP contribution in [0.25, 0.3) is 0 Å². The number of hydrogen-bond donors (Lipinski definition) is 2. The Bertz CT molecular complexity index is 470. The number of ether oxygens (including phenoxy) is 2. The molecule has 19 heavy (non-hydrogen) atoms. The van der Waals surface area contributed by atoms with Crippen LogP contribution in [0.1, 0.15) is 37.0 Å². The Morgan fingerprint density at radius 1 is 1.32 bits per heavy atom. The van der Waals surface area contributed by atoms with Gasteiger partial charge in [-0.25, -0.2) is 0 Å². The summed E-state index contributed by atoms with van der Waals surface area (Å²) in [5.41, 5.74) is 6.37. The molecule has 1 heterocycles. The van der Waals surface area contributed by atoms with Crippen LogP contribution in [-0.4, -0.2) is 24.8 Å². The quantitative estimate of drug-likeness (QED) is 0.848. The molecule has 0 unspecified atom stereocenters. The number of benzene rings is 1. The number of nitrogens with two attached hydrogens (primary N) is 1. The van der Waals surface area contributed by atoms with Gasteiger partial charge in [-0.15, -0.1) is 0 Å². The summed E-state index contributed by atoms with van der Waals surface area (Å²) in [7, 11) is 0. The predicted octanol–water partition coefficient (Wildman–Crippen LogP) is 1.66. The summed E-state index contributed by atoms with van der Waals surface area (Å²) in [6, 6.07) is 5.15. The maximum Gasteiger partial charge on any atom is 0.251 e. The van der Waals surface area contributed by atoms with Crippen LogP contribution in [0.3, 0.4) is 0 Å². The maximum atomic E-state index is 12.1. The van der Waals surface area contributed by atoms with Crippen LogP contribution >= 0.6 is 0 Å². The van der Waals surface area contributed by atoms with Crippen LogP contribution in [0.15, 0.2) is 18.2 Å². The first-order valence-electron chi connectivity index (χ1n) is 6.54. The van der Waals surface area contributed by atoms with E-state index in [1.54, 1.807) is 18.2 Å². The van der Waals surface area contributed by atoms with Gasteiger partial charge in [-0.1, -0.05) is 13.8 Å². The molecule has 5 heteroatoms. The smallest absolute Gasteiger partial charge is 0.251 e. The largest absolute Gasteiger partial charge is 0.454 e. The number of amides is 1. The molecular weight excluding hydrogens is 244 g/mol. The summed E-state index contributed by atoms with van der Waals surface area (Å²) in [5.74, 6) is 1.14. The van der Waals surface area contributed by atoms with Gasteiger partial charge in [-0.05, 0) is 31.0 Å². The van der Waals surface area contributed by atoms with E-state index in [4.69, 9.17) is 15.2 Å². The average Bonchev–Trinajstić information content (AvgIpc) is 2.91. The van der Waals surface area contributed by atoms with Gasteiger partial charge >= 0.3 is 0 Å². The summed E-state index contributed by atoms with van der Waals surface area (Å²) in [6.45, 7) is 4.72. The molecule has 0 spiro atoms. The molecule has 0 atom stereocenters. The Hall–Kier alpha value is -1.75. The Morgan fingerprint density at radius 3 is 2.68 bits per heavy atom. The first-order valence-corrected chi connectivity index (χ1v) is 6.54. The summed E-state index contributed by atoms with van der Waals surface area (Å²) in [6.07, 6.45) is 1.65. The Morgan fingerprint density at radius 2 is 2.00 bits per heavy atom. The lowest BCUT2D eigenvalue weighted by molar-refractivity contribution is 0.0941. The molecule has 5 nitrogen and oxygen atoms in total. The number of carbonyl (C=O) groups excluding carboxylic acids is 1. The SMILES string of the molecule is CCC(N)(CC)CNC(=O)c1ccc2c(c1)OCO2. The molecule has 2 rings (SSSR count). The van der Waals surface area contributed by atoms with E-state index in [1.165, 1.54) is 0 Å². The lowest BCUT2D eigenvalue weighted by Gasteiger charge is -2.26. The summed E-state index contributed by atoms with van der Waals surface area (Å²) in [4.78, 5) is 12.1. The van der Waals surface area contributed by atoms with Gasteiger partial charge in [0, 0.05) is 17.6 Å². The van der Waals surface area contributed by atoms with Gasteiger partial charge in [0.25, 0.3) is 5.91 Å². The highest BCUT2D eigenvalue weighted by Gasteiger charge is 2.22. The third kappa shape index (κ3) is 2.98. The second kappa shape index (κ2) is 5.48. The maximum absolute atomic E-state index is 12.1. The van der Waals surface area contributed by atoms with Crippen LogP contribution in [0, 0.1) is 0 Å². The Labute approximate surface area is 113 Å². The van der Waals surface area contributed by atoms with Gasteiger partial charge in [0.1, 0.15) is 0 Å². The van der Waals surface area contributed by atoms with E-state index < -0.39 is 0 Å². The van der Waals surface area contributed by atoms with Crippen molar-refractivity contribution in [2.24, 2.45) is 5.73 Å². The fourth-order valence-electron chi connectivity index (χ4n) is 1.90. The van der Waals surface area contributed by atoms with Crippen molar-refractivity contribution in [3.63, 3.8) is 0 Å². The minimum absolute atomic E-state index is 0.143. The van der Waals surface area contributed by atoms with Crippen molar-refractivity contribution in [2.45, 2.75) is 32.2 Å². The van der Waals surface area contributed by atoms with Gasteiger partial charge in [-0.2, -0.15) is 0 Å². The van der Waals surface area contributed by atoms with Crippen LogP contribution < -0.4 is 20.5 Å². The highest BCUT2D eigenvalue weighted by atomic mass is 16.7. The van der Waals surface area contributed by atoms with Gasteiger partial charge in [0.2, 0.25) is 6.79 Å². The molecule has 0 radical (unpaired) electrons. The zero-order valence-electron chi connectivity index (χ0n) is 11.4. The van der Waals surface area contributed by atoms with Crippen LogP contribution in [0.4, 0.5) is 0 Å². The molecule has 1 aliphatic rings. The molecule has 0 fully saturated rings. The van der Waals surface area contributed by atoms with Crippen molar-refractivity contribution in [1.29, 1.82) is 0 Å². The Kier molecular flexibility index (Phi) is 3.95. The first kappa shape index (κ1) is 13.7. The second-order valence-electron chi connectivity index (χ2n) is 4.82. The van der Waals surface area contributed by atoms with Gasteiger partial charge in [0.05, 0.1) is 0 Å². The fraction of sp³-hybridized carbons (Fsp3) is 0.500. The first-order chi connectivity index (χ1) is 9.08. The molecular formula is C14H20N2O3. The molecule has 1 aliphatic heterocycles. The van der Waals surface area contributed by atoms with E-state index in [0.717, 1.165) is 12.8 Å².